The average Bonchev–Trinajstić information content (AvgIpc) is 2.55. The number of rotatable bonds is 5. The van der Waals surface area contributed by atoms with Gasteiger partial charge in [-0.1, -0.05) is 0 Å². The molecule has 0 atom stereocenters. The van der Waals surface area contributed by atoms with E-state index in [9.17, 15) is 14.9 Å². The second kappa shape index (κ2) is 6.69. The van der Waals surface area contributed by atoms with Gasteiger partial charge in [-0.15, -0.1) is 0 Å². The lowest BCUT2D eigenvalue weighted by atomic mass is 10.2. The number of methoxy groups -OCH3 is 1. The molecule has 1 aromatic carbocycles. The Labute approximate surface area is 132 Å². The maximum Gasteiger partial charge on any atom is 0.318 e. The molecule has 0 aliphatic heterocycles. The maximum absolute atomic E-state index is 12.2. The zero-order chi connectivity index (χ0) is 17.0. The number of hydrogen-bond acceptors (Lipinski definition) is 7. The van der Waals surface area contributed by atoms with E-state index in [0.717, 1.165) is 0 Å². The van der Waals surface area contributed by atoms with Crippen LogP contribution >= 0.6 is 0 Å². The molecule has 0 radical (unpaired) electrons. The van der Waals surface area contributed by atoms with E-state index in [2.05, 4.69) is 15.3 Å². The fraction of sp³-hybridized carbons (Fsp3) is 0.214. The first-order chi connectivity index (χ1) is 10.9. The summed E-state index contributed by atoms with van der Waals surface area (Å²) in [4.78, 5) is 32.2. The van der Waals surface area contributed by atoms with Gasteiger partial charge in [0.2, 0.25) is 0 Å². The highest BCUT2D eigenvalue weighted by atomic mass is 16.6. The Morgan fingerprint density at radius 2 is 1.96 bits per heavy atom. The van der Waals surface area contributed by atoms with Gasteiger partial charge in [-0.05, 0) is 12.1 Å². The van der Waals surface area contributed by atoms with E-state index in [0.29, 0.717) is 11.5 Å². The van der Waals surface area contributed by atoms with Crippen molar-refractivity contribution in [1.82, 2.24) is 9.97 Å². The molecular formula is C14H15N5O4. The Balaban J connectivity index is 2.24. The standard InChI is InChI=1S/C14H15N5O4/c1-18(2)12-11(8-15-14(17-12)23-3)16-13(20)9-4-6-10(7-5-9)19(21)22/h4-8H,1-3H3,(H,16,20). The van der Waals surface area contributed by atoms with Gasteiger partial charge in [-0.3, -0.25) is 14.9 Å². The van der Waals surface area contributed by atoms with Gasteiger partial charge in [0.25, 0.3) is 11.6 Å². The van der Waals surface area contributed by atoms with Gasteiger partial charge in [0.05, 0.1) is 18.2 Å². The number of nitro benzene ring substituents is 1. The number of hydrogen-bond donors (Lipinski definition) is 1. The lowest BCUT2D eigenvalue weighted by Gasteiger charge is -2.16. The summed E-state index contributed by atoms with van der Waals surface area (Å²) in [6.45, 7) is 0. The summed E-state index contributed by atoms with van der Waals surface area (Å²) in [5, 5.41) is 13.3. The van der Waals surface area contributed by atoms with Crippen LogP contribution in [0.4, 0.5) is 17.2 Å². The lowest BCUT2D eigenvalue weighted by molar-refractivity contribution is -0.384. The zero-order valence-corrected chi connectivity index (χ0v) is 12.8. The number of carbonyl (C=O) groups excluding carboxylic acids is 1. The first kappa shape index (κ1) is 16.1. The van der Waals surface area contributed by atoms with E-state index in [1.165, 1.54) is 37.6 Å². The number of amides is 1. The van der Waals surface area contributed by atoms with E-state index >= 15 is 0 Å². The van der Waals surface area contributed by atoms with Gasteiger partial charge in [0.1, 0.15) is 5.69 Å². The van der Waals surface area contributed by atoms with Crippen LogP contribution in [0.5, 0.6) is 6.01 Å². The predicted octanol–water partition coefficient (Wildman–Crippen LogP) is 1.71. The van der Waals surface area contributed by atoms with Crippen molar-refractivity contribution in [2.45, 2.75) is 0 Å². The first-order valence-electron chi connectivity index (χ1n) is 6.56. The minimum Gasteiger partial charge on any atom is -0.467 e. The van der Waals surface area contributed by atoms with Gasteiger partial charge in [0, 0.05) is 31.8 Å². The van der Waals surface area contributed by atoms with Crippen LogP contribution in [-0.4, -0.2) is 42.0 Å². The minimum absolute atomic E-state index is 0.0803. The molecule has 23 heavy (non-hydrogen) atoms. The Hall–Kier alpha value is -3.23. The molecule has 0 unspecified atom stereocenters. The normalized spacial score (nSPS) is 10.0. The van der Waals surface area contributed by atoms with Crippen LogP contribution in [0.25, 0.3) is 0 Å². The monoisotopic (exact) mass is 317 g/mol. The summed E-state index contributed by atoms with van der Waals surface area (Å²) in [6, 6.07) is 5.49. The lowest BCUT2D eigenvalue weighted by Crippen LogP contribution is -2.18. The summed E-state index contributed by atoms with van der Waals surface area (Å²) >= 11 is 0. The third-order valence-electron chi connectivity index (χ3n) is 2.94. The van der Waals surface area contributed by atoms with Crippen LogP contribution in [-0.2, 0) is 0 Å². The molecule has 0 aliphatic rings. The molecule has 0 spiro atoms. The van der Waals surface area contributed by atoms with E-state index in [4.69, 9.17) is 4.74 Å². The average molecular weight is 317 g/mol. The van der Waals surface area contributed by atoms with Crippen LogP contribution in [0.1, 0.15) is 10.4 Å². The van der Waals surface area contributed by atoms with Crippen LogP contribution in [0, 0.1) is 10.1 Å². The fourth-order valence-electron chi connectivity index (χ4n) is 1.81. The SMILES string of the molecule is COc1ncc(NC(=O)c2ccc([N+](=O)[O-])cc2)c(N(C)C)n1. The molecule has 1 N–H and O–H groups in total. The largest absolute Gasteiger partial charge is 0.467 e. The predicted molar refractivity (Wildman–Crippen MR) is 84.0 cm³/mol. The molecule has 0 bridgehead atoms. The first-order valence-corrected chi connectivity index (χ1v) is 6.56. The van der Waals surface area contributed by atoms with Crippen molar-refractivity contribution in [3.05, 3.63) is 46.1 Å². The molecule has 0 fully saturated rings. The molecule has 1 amide bonds. The molecule has 1 aromatic heterocycles. The molecule has 2 rings (SSSR count). The third-order valence-corrected chi connectivity index (χ3v) is 2.94. The Kier molecular flexibility index (Phi) is 4.69. The van der Waals surface area contributed by atoms with Crippen LogP contribution in [0.3, 0.4) is 0 Å². The number of ether oxygens (including phenoxy) is 1. The summed E-state index contributed by atoms with van der Waals surface area (Å²) in [5.74, 6) is 0.0591. The van der Waals surface area contributed by atoms with Gasteiger partial charge in [-0.2, -0.15) is 4.98 Å². The second-order valence-corrected chi connectivity index (χ2v) is 4.75. The number of carbonyl (C=O) groups is 1. The van der Waals surface area contributed by atoms with Crippen molar-refractivity contribution in [3.63, 3.8) is 0 Å². The van der Waals surface area contributed by atoms with Crippen molar-refractivity contribution in [2.24, 2.45) is 0 Å². The number of benzene rings is 1. The zero-order valence-electron chi connectivity index (χ0n) is 12.8. The third kappa shape index (κ3) is 3.70. The summed E-state index contributed by atoms with van der Waals surface area (Å²) in [6.07, 6.45) is 1.43. The van der Waals surface area contributed by atoms with Gasteiger partial charge in [0.15, 0.2) is 5.82 Å². The number of aromatic nitrogens is 2. The molecule has 1 heterocycles. The van der Waals surface area contributed by atoms with Crippen molar-refractivity contribution in [1.29, 1.82) is 0 Å². The highest BCUT2D eigenvalue weighted by Gasteiger charge is 2.14. The van der Waals surface area contributed by atoms with Crippen LogP contribution in [0.15, 0.2) is 30.5 Å². The van der Waals surface area contributed by atoms with E-state index in [1.807, 2.05) is 0 Å². The topological polar surface area (TPSA) is 110 Å². The summed E-state index contributed by atoms with van der Waals surface area (Å²) in [7, 11) is 4.98. The Morgan fingerprint density at radius 1 is 1.30 bits per heavy atom. The molecule has 2 aromatic rings. The van der Waals surface area contributed by atoms with Crippen molar-refractivity contribution in [2.75, 3.05) is 31.4 Å². The maximum atomic E-state index is 12.2. The number of anilines is 2. The summed E-state index contributed by atoms with van der Waals surface area (Å²) in [5.41, 5.74) is 0.610. The Bertz CT molecular complexity index is 730. The van der Waals surface area contributed by atoms with E-state index < -0.39 is 10.8 Å². The molecule has 9 heteroatoms. The minimum atomic E-state index is -0.525. The molecule has 120 valence electrons. The molecule has 0 saturated heterocycles. The number of non-ortho nitro benzene ring substituents is 1. The number of nitro groups is 1. The van der Waals surface area contributed by atoms with Gasteiger partial charge < -0.3 is 15.0 Å². The molecule has 9 nitrogen and oxygen atoms in total. The quantitative estimate of drug-likeness (QED) is 0.660. The van der Waals surface area contributed by atoms with Crippen molar-refractivity contribution < 1.29 is 14.5 Å². The number of nitrogens with zero attached hydrogens (tertiary/aromatic N) is 4. The Morgan fingerprint density at radius 3 is 2.48 bits per heavy atom. The second-order valence-electron chi connectivity index (χ2n) is 4.75. The summed E-state index contributed by atoms with van der Waals surface area (Å²) < 4.78 is 4.96. The molecular weight excluding hydrogens is 302 g/mol. The smallest absolute Gasteiger partial charge is 0.318 e. The number of nitrogens with one attached hydrogen (secondary N) is 1. The molecule has 0 saturated carbocycles. The highest BCUT2D eigenvalue weighted by molar-refractivity contribution is 6.05. The van der Waals surface area contributed by atoms with Crippen molar-refractivity contribution >= 4 is 23.1 Å². The van der Waals surface area contributed by atoms with E-state index in [1.54, 1.807) is 19.0 Å². The van der Waals surface area contributed by atoms with Crippen LogP contribution < -0.4 is 15.0 Å². The van der Waals surface area contributed by atoms with Crippen LogP contribution in [0.2, 0.25) is 0 Å². The highest BCUT2D eigenvalue weighted by Crippen LogP contribution is 2.23. The molecule has 0 aliphatic carbocycles. The van der Waals surface area contributed by atoms with E-state index in [-0.39, 0.29) is 17.3 Å². The van der Waals surface area contributed by atoms with Crippen molar-refractivity contribution in [3.8, 4) is 6.01 Å². The van der Waals surface area contributed by atoms with Gasteiger partial charge >= 0.3 is 6.01 Å². The fourth-order valence-corrected chi connectivity index (χ4v) is 1.81. The van der Waals surface area contributed by atoms with Gasteiger partial charge in [-0.25, -0.2) is 4.98 Å².